The zero-order valence-electron chi connectivity index (χ0n) is 24.4. The predicted octanol–water partition coefficient (Wildman–Crippen LogP) is 8.46. The standard InChI is InChI=1S/C37H37BO2/c1-34(2)35(3,4)40-38(39-34)31-14-9-13-26(21-31)28-20-29-18-17-27(19-30-23-36(5,22-28)24-37(29,30)6)33-16-10-12-25-11-7-8-15-32(25)33/h7-23H,24H2,1-6H3. The minimum Gasteiger partial charge on any atom is -0.399 e. The van der Waals surface area contributed by atoms with E-state index in [0.29, 0.717) is 0 Å². The van der Waals surface area contributed by atoms with Gasteiger partial charge in [0.25, 0.3) is 0 Å². The molecule has 1 saturated heterocycles. The fourth-order valence-corrected chi connectivity index (χ4v) is 7.00. The Labute approximate surface area is 238 Å². The van der Waals surface area contributed by atoms with Gasteiger partial charge in [0.2, 0.25) is 0 Å². The van der Waals surface area contributed by atoms with Gasteiger partial charge in [0.1, 0.15) is 0 Å². The summed E-state index contributed by atoms with van der Waals surface area (Å²) >= 11 is 0. The lowest BCUT2D eigenvalue weighted by atomic mass is 9.74. The largest absolute Gasteiger partial charge is 0.494 e. The fraction of sp³-hybridized carbons (Fsp3) is 0.297. The maximum Gasteiger partial charge on any atom is 0.494 e. The molecule has 0 N–H and O–H groups in total. The van der Waals surface area contributed by atoms with Gasteiger partial charge in [-0.3, -0.25) is 0 Å². The molecular formula is C37H37BO2. The van der Waals surface area contributed by atoms with Gasteiger partial charge in [-0.05, 0) is 83.8 Å². The smallest absolute Gasteiger partial charge is 0.399 e. The van der Waals surface area contributed by atoms with E-state index >= 15 is 0 Å². The minimum absolute atomic E-state index is 0.0381. The molecule has 2 unspecified atom stereocenters. The summed E-state index contributed by atoms with van der Waals surface area (Å²) in [5.74, 6) is 0. The molecular weight excluding hydrogens is 487 g/mol. The lowest BCUT2D eigenvalue weighted by Crippen LogP contribution is -2.41. The van der Waals surface area contributed by atoms with E-state index in [4.69, 9.17) is 9.31 Å². The number of allylic oxidation sites excluding steroid dienone is 10. The Morgan fingerprint density at radius 2 is 1.40 bits per heavy atom. The SMILES string of the molecule is CC12C=C(c3cccc(B4OC(C)(C)C(C)(C)O4)c3)C=C3C=CC(c4cccc5ccccc45)=CC(=C1)C3(C)C2. The van der Waals surface area contributed by atoms with Crippen molar-refractivity contribution in [3.63, 3.8) is 0 Å². The summed E-state index contributed by atoms with van der Waals surface area (Å²) in [6, 6.07) is 24.0. The summed E-state index contributed by atoms with van der Waals surface area (Å²) in [6.45, 7) is 13.2. The van der Waals surface area contributed by atoms with Gasteiger partial charge in [-0.15, -0.1) is 0 Å². The van der Waals surface area contributed by atoms with Crippen molar-refractivity contribution in [1.29, 1.82) is 0 Å². The number of hydrogen-bond acceptors (Lipinski definition) is 2. The first kappa shape index (κ1) is 25.6. The second-order valence-corrected chi connectivity index (χ2v) is 13.5. The molecule has 0 amide bonds. The van der Waals surface area contributed by atoms with Crippen molar-refractivity contribution in [2.24, 2.45) is 10.8 Å². The first-order chi connectivity index (χ1) is 19.0. The second kappa shape index (κ2) is 8.55. The van der Waals surface area contributed by atoms with Crippen LogP contribution >= 0.6 is 0 Å². The summed E-state index contributed by atoms with van der Waals surface area (Å²) in [7, 11) is -0.370. The van der Waals surface area contributed by atoms with Crippen LogP contribution in [0.3, 0.4) is 0 Å². The molecule has 0 radical (unpaired) electrons. The number of rotatable bonds is 3. The molecule has 3 aliphatic carbocycles. The third-order valence-electron chi connectivity index (χ3n) is 9.89. The highest BCUT2D eigenvalue weighted by Crippen LogP contribution is 2.58. The Kier molecular flexibility index (Phi) is 5.47. The first-order valence-corrected chi connectivity index (χ1v) is 14.5. The molecule has 7 rings (SSSR count). The molecule has 3 aromatic carbocycles. The van der Waals surface area contributed by atoms with Gasteiger partial charge in [-0.1, -0.05) is 117 Å². The Morgan fingerprint density at radius 1 is 0.675 bits per heavy atom. The maximum absolute atomic E-state index is 6.38. The van der Waals surface area contributed by atoms with E-state index in [0.717, 1.165) is 11.9 Å². The van der Waals surface area contributed by atoms with Crippen LogP contribution in [0.5, 0.6) is 0 Å². The normalized spacial score (nSPS) is 28.0. The van der Waals surface area contributed by atoms with Gasteiger partial charge in [0.15, 0.2) is 0 Å². The van der Waals surface area contributed by atoms with Crippen LogP contribution < -0.4 is 5.46 Å². The number of hydrogen-bond donors (Lipinski definition) is 0. The summed E-state index contributed by atoms with van der Waals surface area (Å²) < 4.78 is 12.8. The van der Waals surface area contributed by atoms with E-state index in [1.807, 2.05) is 0 Å². The summed E-state index contributed by atoms with van der Waals surface area (Å²) in [4.78, 5) is 0. The molecule has 0 spiro atoms. The van der Waals surface area contributed by atoms with Crippen molar-refractivity contribution >= 4 is 34.5 Å². The van der Waals surface area contributed by atoms with Crippen molar-refractivity contribution in [1.82, 2.24) is 0 Å². The van der Waals surface area contributed by atoms with Crippen molar-refractivity contribution in [2.75, 3.05) is 0 Å². The zero-order chi connectivity index (χ0) is 27.9. The highest BCUT2D eigenvalue weighted by molar-refractivity contribution is 6.62. The lowest BCUT2D eigenvalue weighted by molar-refractivity contribution is 0.00578. The predicted molar refractivity (Wildman–Crippen MR) is 168 cm³/mol. The van der Waals surface area contributed by atoms with Crippen molar-refractivity contribution in [2.45, 2.75) is 59.2 Å². The highest BCUT2D eigenvalue weighted by atomic mass is 16.7. The monoisotopic (exact) mass is 524 g/mol. The molecule has 1 heterocycles. The molecule has 2 nitrogen and oxygen atoms in total. The second-order valence-electron chi connectivity index (χ2n) is 13.5. The molecule has 0 aromatic heterocycles. The quantitative estimate of drug-likeness (QED) is 0.320. The average Bonchev–Trinajstić information content (AvgIpc) is 3.18. The molecule has 2 atom stereocenters. The molecule has 4 aliphatic rings. The third kappa shape index (κ3) is 3.94. The highest BCUT2D eigenvalue weighted by Gasteiger charge is 2.52. The number of fused-ring (bicyclic) bond motifs is 2. The van der Waals surface area contributed by atoms with Crippen LogP contribution in [-0.2, 0) is 9.31 Å². The van der Waals surface area contributed by atoms with Gasteiger partial charge in [-0.25, -0.2) is 0 Å². The van der Waals surface area contributed by atoms with Gasteiger partial charge >= 0.3 is 7.12 Å². The molecule has 2 bridgehead atoms. The number of benzene rings is 3. The zero-order valence-corrected chi connectivity index (χ0v) is 24.4. The van der Waals surface area contributed by atoms with Crippen molar-refractivity contribution in [3.8, 4) is 0 Å². The Hall–Kier alpha value is -3.40. The summed E-state index contributed by atoms with van der Waals surface area (Å²) in [5, 5.41) is 2.57. The van der Waals surface area contributed by atoms with Crippen LogP contribution in [-0.4, -0.2) is 18.3 Å². The topological polar surface area (TPSA) is 18.5 Å². The minimum atomic E-state index is -0.370. The van der Waals surface area contributed by atoms with E-state index in [-0.39, 0.29) is 29.2 Å². The van der Waals surface area contributed by atoms with Gasteiger partial charge in [-0.2, -0.15) is 0 Å². The molecule has 0 saturated carbocycles. The van der Waals surface area contributed by atoms with Gasteiger partial charge in [0.05, 0.1) is 11.2 Å². The van der Waals surface area contributed by atoms with Crippen molar-refractivity contribution < 1.29 is 9.31 Å². The maximum atomic E-state index is 6.38. The Morgan fingerprint density at radius 3 is 2.20 bits per heavy atom. The van der Waals surface area contributed by atoms with Gasteiger partial charge in [0, 0.05) is 10.8 Å². The van der Waals surface area contributed by atoms with Crippen LogP contribution in [0.1, 0.15) is 59.1 Å². The van der Waals surface area contributed by atoms with E-state index in [9.17, 15) is 0 Å². The first-order valence-electron chi connectivity index (χ1n) is 14.5. The average molecular weight is 525 g/mol. The van der Waals surface area contributed by atoms with Crippen LogP contribution in [0.15, 0.2) is 114 Å². The van der Waals surface area contributed by atoms with Crippen LogP contribution in [0.4, 0.5) is 0 Å². The van der Waals surface area contributed by atoms with E-state index in [2.05, 4.69) is 145 Å². The van der Waals surface area contributed by atoms with Crippen LogP contribution in [0.2, 0.25) is 0 Å². The van der Waals surface area contributed by atoms with E-state index in [1.165, 1.54) is 44.2 Å². The fourth-order valence-electron chi connectivity index (χ4n) is 7.00. The Balaban J connectivity index is 1.30. The summed E-state index contributed by atoms with van der Waals surface area (Å²) in [6.07, 6.45) is 15.6. The Bertz CT molecular complexity index is 1690. The molecule has 40 heavy (non-hydrogen) atoms. The molecule has 1 fully saturated rings. The molecule has 1 aliphatic heterocycles. The van der Waals surface area contributed by atoms with Gasteiger partial charge < -0.3 is 9.31 Å². The molecule has 3 heteroatoms. The lowest BCUT2D eigenvalue weighted by Gasteiger charge is -2.32. The van der Waals surface area contributed by atoms with E-state index in [1.54, 1.807) is 0 Å². The van der Waals surface area contributed by atoms with E-state index < -0.39 is 0 Å². The van der Waals surface area contributed by atoms with Crippen molar-refractivity contribution in [3.05, 3.63) is 125 Å². The van der Waals surface area contributed by atoms with Crippen LogP contribution in [0, 0.1) is 10.8 Å². The summed E-state index contributed by atoms with van der Waals surface area (Å²) in [5.41, 5.74) is 8.05. The third-order valence-corrected chi connectivity index (χ3v) is 9.89. The van der Waals surface area contributed by atoms with Crippen LogP contribution in [0.25, 0.3) is 21.9 Å². The molecule has 200 valence electrons. The molecule has 3 aromatic rings.